The van der Waals surface area contributed by atoms with Crippen LogP contribution in [0.3, 0.4) is 0 Å². The number of benzene rings is 3. The second-order valence-electron chi connectivity index (χ2n) is 7.13. The summed E-state index contributed by atoms with van der Waals surface area (Å²) < 4.78 is 0. The number of halogens is 2. The topological polar surface area (TPSA) is 49.4 Å². The van der Waals surface area contributed by atoms with E-state index in [-0.39, 0.29) is 11.6 Å². The zero-order valence-corrected chi connectivity index (χ0v) is 19.1. The lowest BCUT2D eigenvalue weighted by Gasteiger charge is -2.16. The van der Waals surface area contributed by atoms with E-state index in [4.69, 9.17) is 23.2 Å². The van der Waals surface area contributed by atoms with Crippen molar-refractivity contribution >= 4 is 58.2 Å². The molecular formula is C24H18Cl2N2O2S. The molecule has 0 aliphatic carbocycles. The fraction of sp³-hybridized carbons (Fsp3) is 0.0833. The van der Waals surface area contributed by atoms with Gasteiger partial charge in [0, 0.05) is 20.6 Å². The van der Waals surface area contributed by atoms with Crippen molar-refractivity contribution in [3.63, 3.8) is 0 Å². The van der Waals surface area contributed by atoms with Gasteiger partial charge in [-0.25, -0.2) is 4.90 Å². The number of imide groups is 1. The Labute approximate surface area is 194 Å². The second kappa shape index (κ2) is 8.79. The molecule has 0 atom stereocenters. The first-order valence-electron chi connectivity index (χ1n) is 9.50. The predicted molar refractivity (Wildman–Crippen MR) is 128 cm³/mol. The average Bonchev–Trinajstić information content (AvgIpc) is 2.97. The van der Waals surface area contributed by atoms with Crippen LogP contribution < -0.4 is 10.2 Å². The van der Waals surface area contributed by atoms with Crippen LogP contribution >= 0.6 is 35.0 Å². The molecule has 0 unspecified atom stereocenters. The van der Waals surface area contributed by atoms with E-state index >= 15 is 0 Å². The minimum atomic E-state index is -0.412. The highest BCUT2D eigenvalue weighted by atomic mass is 35.5. The third-order valence-corrected chi connectivity index (χ3v) is 6.41. The lowest BCUT2D eigenvalue weighted by molar-refractivity contribution is -0.120. The van der Waals surface area contributed by atoms with Gasteiger partial charge >= 0.3 is 0 Å². The van der Waals surface area contributed by atoms with Crippen molar-refractivity contribution in [2.45, 2.75) is 18.7 Å². The van der Waals surface area contributed by atoms with Crippen LogP contribution in [-0.2, 0) is 9.59 Å². The monoisotopic (exact) mass is 468 g/mol. The Hall–Kier alpha value is -2.73. The molecule has 4 nitrogen and oxygen atoms in total. The van der Waals surface area contributed by atoms with Gasteiger partial charge in [-0.2, -0.15) is 0 Å². The number of anilines is 2. The molecule has 4 rings (SSSR count). The van der Waals surface area contributed by atoms with Crippen molar-refractivity contribution in [2.24, 2.45) is 0 Å². The summed E-state index contributed by atoms with van der Waals surface area (Å²) in [5, 5.41) is 4.35. The summed E-state index contributed by atoms with van der Waals surface area (Å²) in [6, 6.07) is 19.7. The summed E-state index contributed by atoms with van der Waals surface area (Å²) in [6.45, 7) is 3.93. The zero-order chi connectivity index (χ0) is 22.1. The Kier molecular flexibility index (Phi) is 6.10. The van der Waals surface area contributed by atoms with Gasteiger partial charge in [0.15, 0.2) is 0 Å². The van der Waals surface area contributed by atoms with E-state index in [2.05, 4.69) is 5.32 Å². The fourth-order valence-corrected chi connectivity index (χ4v) is 4.34. The van der Waals surface area contributed by atoms with Crippen LogP contribution in [0.5, 0.6) is 0 Å². The van der Waals surface area contributed by atoms with Crippen molar-refractivity contribution in [3.05, 3.63) is 98.5 Å². The van der Waals surface area contributed by atoms with Gasteiger partial charge in [0.05, 0.1) is 5.69 Å². The minimum Gasteiger partial charge on any atom is -0.350 e. The quantitative estimate of drug-likeness (QED) is 0.428. The van der Waals surface area contributed by atoms with Gasteiger partial charge in [0.2, 0.25) is 0 Å². The first kappa shape index (κ1) is 21.5. The molecular weight excluding hydrogens is 451 g/mol. The normalized spacial score (nSPS) is 13.9. The first-order chi connectivity index (χ1) is 14.8. The number of thioether (sulfide) groups is 1. The standard InChI is InChI=1S/C24H18Cl2N2O2S/c1-14-3-4-15(2)20(13-14)27-21-22(31-19-11-7-17(26)8-12-19)24(30)28(23(21)29)18-9-5-16(25)6-10-18/h3-13,27H,1-2H3. The molecule has 0 bridgehead atoms. The van der Waals surface area contributed by atoms with E-state index in [1.54, 1.807) is 36.4 Å². The maximum atomic E-state index is 13.4. The Morgan fingerprint density at radius 3 is 2.06 bits per heavy atom. The predicted octanol–water partition coefficient (Wildman–Crippen LogP) is 6.60. The first-order valence-corrected chi connectivity index (χ1v) is 11.1. The van der Waals surface area contributed by atoms with Crippen LogP contribution in [0.4, 0.5) is 11.4 Å². The summed E-state index contributed by atoms with van der Waals surface area (Å²) in [7, 11) is 0. The van der Waals surface area contributed by atoms with E-state index in [9.17, 15) is 9.59 Å². The van der Waals surface area contributed by atoms with Crippen LogP contribution in [0.15, 0.2) is 82.2 Å². The maximum Gasteiger partial charge on any atom is 0.283 e. The van der Waals surface area contributed by atoms with Crippen molar-refractivity contribution in [2.75, 3.05) is 10.2 Å². The molecule has 0 saturated carbocycles. The smallest absolute Gasteiger partial charge is 0.283 e. The summed E-state index contributed by atoms with van der Waals surface area (Å²) in [6.07, 6.45) is 0. The number of nitrogens with one attached hydrogen (secondary N) is 1. The van der Waals surface area contributed by atoms with Gasteiger partial charge in [-0.05, 0) is 79.6 Å². The third-order valence-electron chi connectivity index (χ3n) is 4.81. The molecule has 1 aliphatic rings. The Bertz CT molecular complexity index is 1210. The van der Waals surface area contributed by atoms with Crippen molar-refractivity contribution in [3.8, 4) is 0 Å². The second-order valence-corrected chi connectivity index (χ2v) is 9.08. The summed E-state index contributed by atoms with van der Waals surface area (Å²) >= 11 is 13.2. The number of hydrogen-bond donors (Lipinski definition) is 1. The molecule has 3 aromatic carbocycles. The highest BCUT2D eigenvalue weighted by Crippen LogP contribution is 2.38. The van der Waals surface area contributed by atoms with Crippen LogP contribution in [-0.4, -0.2) is 11.8 Å². The highest BCUT2D eigenvalue weighted by molar-refractivity contribution is 8.04. The van der Waals surface area contributed by atoms with Crippen molar-refractivity contribution in [1.29, 1.82) is 0 Å². The number of carbonyl (C=O) groups excluding carboxylic acids is 2. The lowest BCUT2D eigenvalue weighted by atomic mass is 10.1. The third kappa shape index (κ3) is 4.49. The van der Waals surface area contributed by atoms with Crippen LogP contribution in [0.2, 0.25) is 10.0 Å². The summed E-state index contributed by atoms with van der Waals surface area (Å²) in [5.74, 6) is -0.801. The molecule has 0 saturated heterocycles. The van der Waals surface area contributed by atoms with Gasteiger partial charge < -0.3 is 5.32 Å². The molecule has 1 N–H and O–H groups in total. The SMILES string of the molecule is Cc1ccc(C)c(NC2=C(Sc3ccc(Cl)cc3)C(=O)N(c3ccc(Cl)cc3)C2=O)c1. The summed E-state index contributed by atoms with van der Waals surface area (Å²) in [4.78, 5) is 29.0. The van der Waals surface area contributed by atoms with E-state index in [0.717, 1.165) is 21.7 Å². The molecule has 3 aromatic rings. The van der Waals surface area contributed by atoms with Crippen molar-refractivity contribution in [1.82, 2.24) is 0 Å². The van der Waals surface area contributed by atoms with Gasteiger partial charge in [-0.1, -0.05) is 47.1 Å². The molecule has 0 radical (unpaired) electrons. The van der Waals surface area contributed by atoms with Gasteiger partial charge in [0.25, 0.3) is 11.8 Å². The molecule has 156 valence electrons. The average molecular weight is 469 g/mol. The molecule has 0 aromatic heterocycles. The highest BCUT2D eigenvalue weighted by Gasteiger charge is 2.40. The van der Waals surface area contributed by atoms with E-state index in [0.29, 0.717) is 20.6 Å². The molecule has 2 amide bonds. The molecule has 0 spiro atoms. The number of aryl methyl sites for hydroxylation is 2. The van der Waals surface area contributed by atoms with E-state index in [1.165, 1.54) is 16.7 Å². The van der Waals surface area contributed by atoms with Crippen molar-refractivity contribution < 1.29 is 9.59 Å². The van der Waals surface area contributed by atoms with Gasteiger partial charge in [-0.15, -0.1) is 0 Å². The number of amides is 2. The number of nitrogens with zero attached hydrogens (tertiary/aromatic N) is 1. The van der Waals surface area contributed by atoms with Crippen LogP contribution in [0.1, 0.15) is 11.1 Å². The minimum absolute atomic E-state index is 0.244. The largest absolute Gasteiger partial charge is 0.350 e. The number of carbonyl (C=O) groups is 2. The molecule has 1 aliphatic heterocycles. The van der Waals surface area contributed by atoms with E-state index < -0.39 is 5.91 Å². The van der Waals surface area contributed by atoms with Crippen LogP contribution in [0.25, 0.3) is 0 Å². The molecule has 1 heterocycles. The lowest BCUT2D eigenvalue weighted by Crippen LogP contribution is -2.32. The maximum absolute atomic E-state index is 13.4. The van der Waals surface area contributed by atoms with Gasteiger partial charge in [0.1, 0.15) is 10.6 Å². The summed E-state index contributed by atoms with van der Waals surface area (Å²) in [5.41, 5.74) is 3.51. The molecule has 0 fully saturated rings. The Balaban J connectivity index is 1.77. The molecule has 7 heteroatoms. The number of hydrogen-bond acceptors (Lipinski definition) is 4. The van der Waals surface area contributed by atoms with Gasteiger partial charge in [-0.3, -0.25) is 9.59 Å². The number of rotatable bonds is 5. The van der Waals surface area contributed by atoms with E-state index in [1.807, 2.05) is 44.2 Å². The van der Waals surface area contributed by atoms with Crippen LogP contribution in [0, 0.1) is 13.8 Å². The fourth-order valence-electron chi connectivity index (χ4n) is 3.16. The zero-order valence-electron chi connectivity index (χ0n) is 16.8. The molecule has 31 heavy (non-hydrogen) atoms. The Morgan fingerprint density at radius 1 is 0.806 bits per heavy atom. The Morgan fingerprint density at radius 2 is 1.42 bits per heavy atom.